The summed E-state index contributed by atoms with van der Waals surface area (Å²) in [7, 11) is 0. The summed E-state index contributed by atoms with van der Waals surface area (Å²) < 4.78 is 10.4. The molecule has 0 aromatic heterocycles. The molecule has 0 saturated carbocycles. The zero-order valence-electron chi connectivity index (χ0n) is 14.3. The molecule has 0 aliphatic heterocycles. The molecule has 0 atom stereocenters. The highest BCUT2D eigenvalue weighted by molar-refractivity contribution is 5.82. The Kier molecular flexibility index (Phi) is 7.54. The van der Waals surface area contributed by atoms with E-state index in [1.807, 2.05) is 31.2 Å². The van der Waals surface area contributed by atoms with Crippen molar-refractivity contribution in [1.82, 2.24) is 10.9 Å². The molecule has 2 amide bonds. The SMILES string of the molecule is CCOCCC(=O)NNC(=O)COc1ccc(C(C)(C)C)cc1. The van der Waals surface area contributed by atoms with Gasteiger partial charge in [-0.2, -0.15) is 0 Å². The molecule has 0 unspecified atom stereocenters. The highest BCUT2D eigenvalue weighted by Gasteiger charge is 2.13. The number of hydrogen-bond donors (Lipinski definition) is 2. The second kappa shape index (κ2) is 9.15. The maximum atomic E-state index is 11.6. The summed E-state index contributed by atoms with van der Waals surface area (Å²) >= 11 is 0. The van der Waals surface area contributed by atoms with Crippen LogP contribution in [-0.4, -0.2) is 31.6 Å². The monoisotopic (exact) mass is 322 g/mol. The third-order valence-corrected chi connectivity index (χ3v) is 3.11. The highest BCUT2D eigenvalue weighted by Crippen LogP contribution is 2.24. The first-order valence-electron chi connectivity index (χ1n) is 7.71. The number of rotatable bonds is 7. The fraction of sp³-hybridized carbons (Fsp3) is 0.529. The zero-order valence-corrected chi connectivity index (χ0v) is 14.3. The molecule has 6 heteroatoms. The Morgan fingerprint density at radius 3 is 2.22 bits per heavy atom. The van der Waals surface area contributed by atoms with Crippen LogP contribution in [0.2, 0.25) is 0 Å². The van der Waals surface area contributed by atoms with Gasteiger partial charge in [-0.25, -0.2) is 0 Å². The number of hydrogen-bond acceptors (Lipinski definition) is 4. The van der Waals surface area contributed by atoms with Crippen LogP contribution in [0.15, 0.2) is 24.3 Å². The van der Waals surface area contributed by atoms with Gasteiger partial charge in [-0.1, -0.05) is 32.9 Å². The van der Waals surface area contributed by atoms with Crippen molar-refractivity contribution in [2.24, 2.45) is 0 Å². The van der Waals surface area contributed by atoms with Crippen molar-refractivity contribution in [3.05, 3.63) is 29.8 Å². The Morgan fingerprint density at radius 1 is 1.04 bits per heavy atom. The van der Waals surface area contributed by atoms with E-state index in [4.69, 9.17) is 9.47 Å². The van der Waals surface area contributed by atoms with E-state index in [1.54, 1.807) is 0 Å². The highest BCUT2D eigenvalue weighted by atomic mass is 16.5. The Labute approximate surface area is 137 Å². The van der Waals surface area contributed by atoms with Gasteiger partial charge in [0.1, 0.15) is 5.75 Å². The minimum Gasteiger partial charge on any atom is -0.484 e. The van der Waals surface area contributed by atoms with E-state index in [1.165, 1.54) is 5.56 Å². The molecular formula is C17H26N2O4. The van der Waals surface area contributed by atoms with Gasteiger partial charge in [0.05, 0.1) is 13.0 Å². The van der Waals surface area contributed by atoms with E-state index >= 15 is 0 Å². The van der Waals surface area contributed by atoms with Crippen molar-refractivity contribution in [1.29, 1.82) is 0 Å². The van der Waals surface area contributed by atoms with Gasteiger partial charge in [-0.15, -0.1) is 0 Å². The van der Waals surface area contributed by atoms with Crippen LogP contribution in [0, 0.1) is 0 Å². The number of carbonyl (C=O) groups excluding carboxylic acids is 2. The van der Waals surface area contributed by atoms with Crippen molar-refractivity contribution in [2.45, 2.75) is 39.5 Å². The van der Waals surface area contributed by atoms with Crippen molar-refractivity contribution in [3.8, 4) is 5.75 Å². The van der Waals surface area contributed by atoms with Gasteiger partial charge in [-0.05, 0) is 30.0 Å². The minimum atomic E-state index is -0.422. The molecule has 128 valence electrons. The molecule has 0 spiro atoms. The number of benzene rings is 1. The lowest BCUT2D eigenvalue weighted by Crippen LogP contribution is -2.44. The summed E-state index contributed by atoms with van der Waals surface area (Å²) in [5.41, 5.74) is 5.87. The van der Waals surface area contributed by atoms with Gasteiger partial charge < -0.3 is 9.47 Å². The van der Waals surface area contributed by atoms with E-state index in [0.717, 1.165) is 0 Å². The Morgan fingerprint density at radius 2 is 1.65 bits per heavy atom. The first-order valence-corrected chi connectivity index (χ1v) is 7.71. The summed E-state index contributed by atoms with van der Waals surface area (Å²) in [5.74, 6) is -0.119. The summed E-state index contributed by atoms with van der Waals surface area (Å²) in [6.45, 7) is 8.96. The molecular weight excluding hydrogens is 296 g/mol. The lowest BCUT2D eigenvalue weighted by atomic mass is 9.87. The first-order chi connectivity index (χ1) is 10.8. The molecule has 1 aromatic carbocycles. The first kappa shape index (κ1) is 19.0. The van der Waals surface area contributed by atoms with Gasteiger partial charge in [-0.3, -0.25) is 20.4 Å². The summed E-state index contributed by atoms with van der Waals surface area (Å²) in [6, 6.07) is 7.61. The van der Waals surface area contributed by atoms with E-state index in [-0.39, 0.29) is 24.3 Å². The van der Waals surface area contributed by atoms with Crippen molar-refractivity contribution >= 4 is 11.8 Å². The molecule has 2 N–H and O–H groups in total. The van der Waals surface area contributed by atoms with Crippen LogP contribution in [0.1, 0.15) is 39.7 Å². The molecule has 23 heavy (non-hydrogen) atoms. The van der Waals surface area contributed by atoms with Crippen molar-refractivity contribution < 1.29 is 19.1 Å². The van der Waals surface area contributed by atoms with E-state index in [2.05, 4.69) is 31.6 Å². The lowest BCUT2D eigenvalue weighted by Gasteiger charge is -2.19. The summed E-state index contributed by atoms with van der Waals surface area (Å²) in [4.78, 5) is 23.0. The van der Waals surface area contributed by atoms with Crippen LogP contribution in [0.5, 0.6) is 5.75 Å². The largest absolute Gasteiger partial charge is 0.484 e. The molecule has 0 radical (unpaired) electrons. The molecule has 1 aromatic rings. The molecule has 0 aliphatic rings. The molecule has 0 aliphatic carbocycles. The molecule has 0 heterocycles. The van der Waals surface area contributed by atoms with Gasteiger partial charge in [0.25, 0.3) is 5.91 Å². The van der Waals surface area contributed by atoms with Crippen molar-refractivity contribution in [2.75, 3.05) is 19.8 Å². The van der Waals surface area contributed by atoms with Crippen LogP contribution in [-0.2, 0) is 19.7 Å². The predicted molar refractivity (Wildman–Crippen MR) is 88.0 cm³/mol. The van der Waals surface area contributed by atoms with E-state index < -0.39 is 5.91 Å². The summed E-state index contributed by atoms with van der Waals surface area (Å²) in [6.07, 6.45) is 0.198. The van der Waals surface area contributed by atoms with E-state index in [9.17, 15) is 9.59 Å². The Bertz CT molecular complexity index is 506. The third kappa shape index (κ3) is 7.65. The topological polar surface area (TPSA) is 76.7 Å². The number of carbonyl (C=O) groups is 2. The van der Waals surface area contributed by atoms with Crippen LogP contribution < -0.4 is 15.6 Å². The van der Waals surface area contributed by atoms with Gasteiger partial charge in [0, 0.05) is 6.61 Å². The summed E-state index contributed by atoms with van der Waals surface area (Å²) in [5, 5.41) is 0. The van der Waals surface area contributed by atoms with Crippen LogP contribution in [0.4, 0.5) is 0 Å². The quantitative estimate of drug-likeness (QED) is 0.594. The fourth-order valence-corrected chi connectivity index (χ4v) is 1.75. The molecule has 6 nitrogen and oxygen atoms in total. The zero-order chi connectivity index (χ0) is 17.3. The van der Waals surface area contributed by atoms with Gasteiger partial charge in [0.15, 0.2) is 6.61 Å². The molecule has 0 fully saturated rings. The van der Waals surface area contributed by atoms with Gasteiger partial charge in [0.2, 0.25) is 5.91 Å². The lowest BCUT2D eigenvalue weighted by molar-refractivity contribution is -0.130. The smallest absolute Gasteiger partial charge is 0.276 e. The maximum Gasteiger partial charge on any atom is 0.276 e. The van der Waals surface area contributed by atoms with Crippen LogP contribution >= 0.6 is 0 Å². The van der Waals surface area contributed by atoms with Crippen molar-refractivity contribution in [3.63, 3.8) is 0 Å². The van der Waals surface area contributed by atoms with Crippen LogP contribution in [0.3, 0.4) is 0 Å². The average molecular weight is 322 g/mol. The number of amides is 2. The standard InChI is InChI=1S/C17H26N2O4/c1-5-22-11-10-15(20)18-19-16(21)12-23-14-8-6-13(7-9-14)17(2,3)4/h6-9H,5,10-12H2,1-4H3,(H,18,20)(H,19,21). The maximum absolute atomic E-state index is 11.6. The second-order valence-electron chi connectivity index (χ2n) is 6.11. The molecule has 0 saturated heterocycles. The fourth-order valence-electron chi connectivity index (χ4n) is 1.75. The number of hydrazine groups is 1. The Hall–Kier alpha value is -2.08. The van der Waals surface area contributed by atoms with E-state index in [0.29, 0.717) is 19.0 Å². The molecule has 0 bridgehead atoms. The number of ether oxygens (including phenoxy) is 2. The number of nitrogens with one attached hydrogen (secondary N) is 2. The second-order valence-corrected chi connectivity index (χ2v) is 6.11. The Balaban J connectivity index is 2.29. The third-order valence-electron chi connectivity index (χ3n) is 3.11. The minimum absolute atomic E-state index is 0.0711. The normalized spacial score (nSPS) is 11.0. The molecule has 1 rings (SSSR count). The van der Waals surface area contributed by atoms with Gasteiger partial charge >= 0.3 is 0 Å². The predicted octanol–water partition coefficient (Wildman–Crippen LogP) is 1.94. The average Bonchev–Trinajstić information content (AvgIpc) is 2.50. The van der Waals surface area contributed by atoms with Crippen LogP contribution in [0.25, 0.3) is 0 Å².